The Labute approximate surface area is 240 Å². The second kappa shape index (κ2) is 12.6. The predicted octanol–water partition coefficient (Wildman–Crippen LogP) is 9.07. The highest BCUT2D eigenvalue weighted by atomic mass is 16.4. The number of benzene rings is 2. The number of carboxylic acid groups (broad SMARTS) is 1. The molecule has 0 atom stereocenters. The maximum absolute atomic E-state index is 11.7. The van der Waals surface area contributed by atoms with Gasteiger partial charge in [-0.15, -0.1) is 0 Å². The molecule has 2 heterocycles. The minimum absolute atomic E-state index is 0.371. The van der Waals surface area contributed by atoms with E-state index in [0.29, 0.717) is 11.5 Å². The van der Waals surface area contributed by atoms with Gasteiger partial charge in [0.25, 0.3) is 0 Å². The van der Waals surface area contributed by atoms with Crippen LogP contribution in [0.5, 0.6) is 0 Å². The third-order valence-corrected chi connectivity index (χ3v) is 9.41. The summed E-state index contributed by atoms with van der Waals surface area (Å²) in [5, 5.41) is 11.0. The Bertz CT molecular complexity index is 1420. The Morgan fingerprint density at radius 2 is 1.80 bits per heavy atom. The minimum atomic E-state index is -0.858. The van der Waals surface area contributed by atoms with Crippen molar-refractivity contribution in [2.45, 2.75) is 85.1 Å². The van der Waals surface area contributed by atoms with Crippen LogP contribution in [0.4, 0.5) is 0 Å². The highest BCUT2D eigenvalue weighted by molar-refractivity contribution is 6.04. The van der Waals surface area contributed by atoms with Gasteiger partial charge in [-0.1, -0.05) is 64.0 Å². The van der Waals surface area contributed by atoms with Gasteiger partial charge in [-0.3, -0.25) is 0 Å². The van der Waals surface area contributed by atoms with Crippen molar-refractivity contribution in [3.63, 3.8) is 0 Å². The summed E-state index contributed by atoms with van der Waals surface area (Å²) in [5.74, 6) is -0.344. The summed E-state index contributed by atoms with van der Waals surface area (Å²) in [6.07, 6.45) is 13.0. The molecule has 0 unspecified atom stereocenters. The van der Waals surface area contributed by atoms with Crippen molar-refractivity contribution < 1.29 is 9.90 Å². The van der Waals surface area contributed by atoms with Gasteiger partial charge < -0.3 is 14.6 Å². The fourth-order valence-corrected chi connectivity index (χ4v) is 7.15. The number of nitrogens with zero attached hydrogens (tertiary/aromatic N) is 2. The minimum Gasteiger partial charge on any atom is -0.478 e. The fourth-order valence-electron chi connectivity index (χ4n) is 7.15. The number of hydrogen-bond acceptors (Lipinski definition) is 2. The van der Waals surface area contributed by atoms with Gasteiger partial charge in [0.15, 0.2) is 0 Å². The van der Waals surface area contributed by atoms with E-state index in [9.17, 15) is 9.90 Å². The number of hydrogen-bond donors (Lipinski definition) is 1. The normalized spacial score (nSPS) is 17.6. The predicted molar refractivity (Wildman–Crippen MR) is 169 cm³/mol. The van der Waals surface area contributed by atoms with E-state index in [1.165, 1.54) is 76.4 Å². The summed E-state index contributed by atoms with van der Waals surface area (Å²) in [7, 11) is 0. The number of carboxylic acids is 1. The highest BCUT2D eigenvalue weighted by Crippen LogP contribution is 2.46. The first-order chi connectivity index (χ1) is 19.4. The second-order valence-corrected chi connectivity index (χ2v) is 11.8. The van der Waals surface area contributed by atoms with Crippen LogP contribution in [0.1, 0.15) is 104 Å². The molecule has 4 heteroatoms. The number of para-hydroxylation sites is 1. The van der Waals surface area contributed by atoms with E-state index in [-0.39, 0.29) is 0 Å². The molecule has 1 aromatic heterocycles. The summed E-state index contributed by atoms with van der Waals surface area (Å²) in [6, 6.07) is 12.6. The van der Waals surface area contributed by atoms with E-state index in [2.05, 4.69) is 67.3 Å². The van der Waals surface area contributed by atoms with Gasteiger partial charge in [-0.2, -0.15) is 0 Å². The molecule has 0 radical (unpaired) electrons. The van der Waals surface area contributed by atoms with E-state index in [1.54, 1.807) is 6.07 Å². The summed E-state index contributed by atoms with van der Waals surface area (Å²) in [5.41, 5.74) is 10.9. The van der Waals surface area contributed by atoms with Crippen molar-refractivity contribution in [2.75, 3.05) is 19.6 Å². The second-order valence-electron chi connectivity index (χ2n) is 11.8. The van der Waals surface area contributed by atoms with Crippen molar-refractivity contribution >= 4 is 33.6 Å². The summed E-state index contributed by atoms with van der Waals surface area (Å²) >= 11 is 0. The molecule has 40 heavy (non-hydrogen) atoms. The van der Waals surface area contributed by atoms with Crippen molar-refractivity contribution in [3.8, 4) is 0 Å². The Kier molecular flexibility index (Phi) is 8.95. The van der Waals surface area contributed by atoms with Crippen LogP contribution in [0.2, 0.25) is 0 Å². The van der Waals surface area contributed by atoms with Crippen molar-refractivity contribution in [2.24, 2.45) is 5.92 Å². The zero-order valence-corrected chi connectivity index (χ0v) is 24.8. The third-order valence-electron chi connectivity index (χ3n) is 9.41. The molecule has 1 aliphatic carbocycles. The van der Waals surface area contributed by atoms with Gasteiger partial charge in [-0.25, -0.2) is 4.79 Å². The Hall–Kier alpha value is -3.11. The van der Waals surface area contributed by atoms with Gasteiger partial charge in [0.1, 0.15) is 0 Å². The number of aromatic nitrogens is 1. The van der Waals surface area contributed by atoms with Crippen LogP contribution in [0.15, 0.2) is 49.2 Å². The van der Waals surface area contributed by atoms with Gasteiger partial charge in [0.2, 0.25) is 0 Å². The molecule has 1 aliphatic heterocycles. The Balaban J connectivity index is 1.68. The van der Waals surface area contributed by atoms with Gasteiger partial charge in [0.05, 0.1) is 11.1 Å². The summed E-state index contributed by atoms with van der Waals surface area (Å²) in [6.45, 7) is 15.3. The van der Waals surface area contributed by atoms with Crippen molar-refractivity contribution in [1.82, 2.24) is 9.47 Å². The van der Waals surface area contributed by atoms with Crippen LogP contribution in [0, 0.1) is 12.8 Å². The molecule has 2 aromatic carbocycles. The lowest BCUT2D eigenvalue weighted by Crippen LogP contribution is -2.24. The lowest BCUT2D eigenvalue weighted by atomic mass is 9.75. The van der Waals surface area contributed by atoms with Crippen LogP contribution in [-0.4, -0.2) is 40.2 Å². The number of allylic oxidation sites excluding steroid dienone is 2. The van der Waals surface area contributed by atoms with Gasteiger partial charge >= 0.3 is 5.97 Å². The lowest BCUT2D eigenvalue weighted by Gasteiger charge is -2.30. The monoisotopic (exact) mass is 538 g/mol. The highest BCUT2D eigenvalue weighted by Gasteiger charge is 2.27. The van der Waals surface area contributed by atoms with Gasteiger partial charge in [0, 0.05) is 35.8 Å². The first-order valence-corrected chi connectivity index (χ1v) is 15.5. The van der Waals surface area contributed by atoms with Crippen molar-refractivity contribution in [1.29, 1.82) is 0 Å². The van der Waals surface area contributed by atoms with E-state index in [1.807, 2.05) is 6.07 Å². The molecule has 0 saturated heterocycles. The zero-order valence-electron chi connectivity index (χ0n) is 24.8. The van der Waals surface area contributed by atoms with Crippen LogP contribution in [0.25, 0.3) is 27.6 Å². The third kappa shape index (κ3) is 5.69. The number of carbonyl (C=O) groups is 1. The molecular formula is C36H46N2O2. The van der Waals surface area contributed by atoms with E-state index >= 15 is 0 Å². The molecule has 212 valence electrons. The van der Waals surface area contributed by atoms with E-state index in [0.717, 1.165) is 57.4 Å². The number of rotatable bonds is 9. The number of aryl methyl sites for hydroxylation is 2. The van der Waals surface area contributed by atoms with Crippen LogP contribution < -0.4 is 0 Å². The van der Waals surface area contributed by atoms with Gasteiger partial charge in [-0.05, 0) is 104 Å². The average molecular weight is 539 g/mol. The molecule has 1 saturated carbocycles. The maximum atomic E-state index is 11.7. The van der Waals surface area contributed by atoms with E-state index in [4.69, 9.17) is 0 Å². The van der Waals surface area contributed by atoms with E-state index < -0.39 is 5.97 Å². The molecule has 1 N–H and O–H groups in total. The topological polar surface area (TPSA) is 45.5 Å². The SMILES string of the molecule is C=C(CCN(CC)CC)c1cn2c3c(cccc13)/C(=C(/c1ccc(C(=O)O)cc1C)C1CCCCC1)CCCC2. The quantitative estimate of drug-likeness (QED) is 0.295. The maximum Gasteiger partial charge on any atom is 0.335 e. The first-order valence-electron chi connectivity index (χ1n) is 15.5. The van der Waals surface area contributed by atoms with Crippen LogP contribution >= 0.6 is 0 Å². The molecule has 0 spiro atoms. The Morgan fingerprint density at radius 3 is 2.50 bits per heavy atom. The molecule has 0 amide bonds. The first kappa shape index (κ1) is 28.4. The largest absolute Gasteiger partial charge is 0.478 e. The Morgan fingerprint density at radius 1 is 1.02 bits per heavy atom. The average Bonchev–Trinajstić information content (AvgIpc) is 3.33. The molecule has 5 rings (SSSR count). The molecule has 0 bridgehead atoms. The van der Waals surface area contributed by atoms with Crippen molar-refractivity contribution in [3.05, 3.63) is 77.0 Å². The fraction of sp³-hybridized carbons (Fsp3) is 0.472. The lowest BCUT2D eigenvalue weighted by molar-refractivity contribution is 0.0696. The molecule has 2 aliphatic rings. The van der Waals surface area contributed by atoms with Crippen LogP contribution in [0.3, 0.4) is 0 Å². The summed E-state index contributed by atoms with van der Waals surface area (Å²) in [4.78, 5) is 14.2. The smallest absolute Gasteiger partial charge is 0.335 e. The molecule has 1 fully saturated rings. The zero-order chi connectivity index (χ0) is 28.2. The summed E-state index contributed by atoms with van der Waals surface area (Å²) < 4.78 is 2.50. The molecule has 3 aromatic rings. The van der Waals surface area contributed by atoms with Crippen LogP contribution in [-0.2, 0) is 6.54 Å². The standard InChI is InChI=1S/C36H46N2O2/c1-5-37(6-2)22-20-25(3)33-24-38-21-11-10-15-30(31-16-12-17-32(33)35(31)38)34(27-13-8-7-9-14-27)29-19-18-28(36(39)40)23-26(29)4/h12,16-19,23-24,27H,3,5-11,13-15,20-22H2,1-2,4H3,(H,39,40)/b34-30+. The number of aromatic carboxylic acids is 1. The molecular weight excluding hydrogens is 492 g/mol. The molecule has 4 nitrogen and oxygen atoms in total.